The van der Waals surface area contributed by atoms with Gasteiger partial charge in [-0.05, 0) is 45.7 Å². The molecule has 1 aliphatic heterocycles. The zero-order chi connectivity index (χ0) is 15.5. The highest BCUT2D eigenvalue weighted by Gasteiger charge is 2.34. The third-order valence-electron chi connectivity index (χ3n) is 3.18. The molecule has 1 atom stereocenters. The van der Waals surface area contributed by atoms with Crippen molar-refractivity contribution in [3.8, 4) is 5.75 Å². The molecule has 5 heteroatoms. The van der Waals surface area contributed by atoms with Crippen LogP contribution in [0, 0.1) is 0 Å². The number of rotatable bonds is 4. The van der Waals surface area contributed by atoms with Crippen LogP contribution in [0.1, 0.15) is 33.6 Å². The lowest BCUT2D eigenvalue weighted by atomic mass is 10.2. The van der Waals surface area contributed by atoms with E-state index in [4.69, 9.17) is 9.47 Å². The number of thiol groups is 1. The topological polar surface area (TPSA) is 38.8 Å². The Hall–Kier alpha value is -1.20. The van der Waals surface area contributed by atoms with Gasteiger partial charge in [0.25, 0.3) is 6.23 Å². The predicted octanol–water partition coefficient (Wildman–Crippen LogP) is 3.12. The minimum absolute atomic E-state index is 0.346. The third kappa shape index (κ3) is 4.64. The average Bonchev–Trinajstić information content (AvgIpc) is 2.89. The molecular formula is C16H23NO3S. The summed E-state index contributed by atoms with van der Waals surface area (Å²) in [4.78, 5) is 15.2. The van der Waals surface area contributed by atoms with E-state index in [1.165, 1.54) is 0 Å². The smallest absolute Gasteiger partial charge is 0.363 e. The Bertz CT molecular complexity index is 493. The molecule has 1 aromatic carbocycles. The fourth-order valence-electron chi connectivity index (χ4n) is 2.28. The van der Waals surface area contributed by atoms with Crippen LogP contribution in [0.15, 0.2) is 29.2 Å². The lowest BCUT2D eigenvalue weighted by molar-refractivity contribution is -0.172. The van der Waals surface area contributed by atoms with Gasteiger partial charge in [-0.2, -0.15) is 0 Å². The predicted molar refractivity (Wildman–Crippen MR) is 84.8 cm³/mol. The number of carbonyl (C=O) groups is 1. The molecule has 0 amide bonds. The Kier molecular flexibility index (Phi) is 5.17. The van der Waals surface area contributed by atoms with Crippen LogP contribution >= 0.6 is 12.6 Å². The van der Waals surface area contributed by atoms with E-state index in [1.807, 2.05) is 49.9 Å². The van der Waals surface area contributed by atoms with Gasteiger partial charge in [0, 0.05) is 18.0 Å². The fraction of sp³-hybridized carbons (Fsp3) is 0.562. The fourth-order valence-corrected chi connectivity index (χ4v) is 2.49. The molecule has 0 radical (unpaired) electrons. The number of benzene rings is 1. The molecule has 2 rings (SSSR count). The summed E-state index contributed by atoms with van der Waals surface area (Å²) in [5.74, 6) is 0.254. The van der Waals surface area contributed by atoms with Gasteiger partial charge in [0.05, 0.1) is 0 Å². The number of carbonyl (C=O) groups excluding carboxylic acids is 1. The van der Waals surface area contributed by atoms with E-state index in [1.54, 1.807) is 0 Å². The normalized spacial score (nSPS) is 17.5. The van der Waals surface area contributed by atoms with Crippen LogP contribution in [-0.4, -0.2) is 35.8 Å². The average molecular weight is 309 g/mol. The zero-order valence-electron chi connectivity index (χ0n) is 12.8. The number of para-hydroxylation sites is 1. The molecule has 1 unspecified atom stereocenters. The van der Waals surface area contributed by atoms with Crippen LogP contribution in [0.3, 0.4) is 0 Å². The summed E-state index contributed by atoms with van der Waals surface area (Å²) in [7, 11) is 0. The number of ether oxygens (including phenoxy) is 2. The Labute approximate surface area is 131 Å². The van der Waals surface area contributed by atoms with Crippen molar-refractivity contribution in [3.63, 3.8) is 0 Å². The van der Waals surface area contributed by atoms with E-state index in [-0.39, 0.29) is 5.97 Å². The summed E-state index contributed by atoms with van der Waals surface area (Å²) in [5.41, 5.74) is -0.529. The molecule has 0 aliphatic carbocycles. The summed E-state index contributed by atoms with van der Waals surface area (Å²) in [5, 5.41) is 0. The lowest BCUT2D eigenvalue weighted by Gasteiger charge is -2.29. The molecule has 1 aliphatic rings. The van der Waals surface area contributed by atoms with E-state index in [2.05, 4.69) is 12.6 Å². The van der Waals surface area contributed by atoms with Gasteiger partial charge in [0.15, 0.2) is 0 Å². The Morgan fingerprint density at radius 2 is 1.86 bits per heavy atom. The first-order valence-electron chi connectivity index (χ1n) is 7.28. The second-order valence-corrected chi connectivity index (χ2v) is 6.70. The van der Waals surface area contributed by atoms with Crippen LogP contribution in [0.2, 0.25) is 0 Å². The molecule has 4 nitrogen and oxygen atoms in total. The summed E-state index contributed by atoms with van der Waals surface area (Å²) in [6.45, 7) is 7.27. The SMILES string of the molecule is CC(C)(C)OC(=O)C(Oc1ccccc1S)N1CCCC1. The molecule has 0 aromatic heterocycles. The molecule has 1 saturated heterocycles. The van der Waals surface area contributed by atoms with Crippen molar-refractivity contribution >= 4 is 18.6 Å². The van der Waals surface area contributed by atoms with Crippen LogP contribution < -0.4 is 4.74 Å². The van der Waals surface area contributed by atoms with Crippen LogP contribution in [-0.2, 0) is 9.53 Å². The Balaban J connectivity index is 2.16. The van der Waals surface area contributed by atoms with Crippen molar-refractivity contribution in [3.05, 3.63) is 24.3 Å². The first kappa shape index (κ1) is 16.2. The first-order chi connectivity index (χ1) is 9.87. The van der Waals surface area contributed by atoms with Crippen molar-refractivity contribution in [2.45, 2.75) is 50.3 Å². The second-order valence-electron chi connectivity index (χ2n) is 6.21. The molecule has 1 heterocycles. The Morgan fingerprint density at radius 1 is 1.24 bits per heavy atom. The zero-order valence-corrected chi connectivity index (χ0v) is 13.7. The minimum atomic E-state index is -0.708. The quantitative estimate of drug-likeness (QED) is 0.685. The van der Waals surface area contributed by atoms with Crippen molar-refractivity contribution in [1.82, 2.24) is 4.90 Å². The molecule has 0 bridgehead atoms. The molecule has 0 spiro atoms. The summed E-state index contributed by atoms with van der Waals surface area (Å²) in [6, 6.07) is 7.41. The maximum atomic E-state index is 12.4. The van der Waals surface area contributed by atoms with Crippen molar-refractivity contribution in [1.29, 1.82) is 0 Å². The monoisotopic (exact) mass is 309 g/mol. The molecule has 116 valence electrons. The number of hydrogen-bond acceptors (Lipinski definition) is 5. The molecule has 1 aromatic rings. The standard InChI is InChI=1S/C16H23NO3S/c1-16(2,3)20-15(18)14(17-10-6-7-11-17)19-12-8-4-5-9-13(12)21/h4-5,8-9,14,21H,6-7,10-11H2,1-3H3. The molecule has 0 N–H and O–H groups in total. The van der Waals surface area contributed by atoms with Crippen LogP contribution in [0.25, 0.3) is 0 Å². The summed E-state index contributed by atoms with van der Waals surface area (Å²) >= 11 is 4.37. The van der Waals surface area contributed by atoms with Crippen LogP contribution in [0.5, 0.6) is 5.75 Å². The molecular weight excluding hydrogens is 286 g/mol. The number of esters is 1. The van der Waals surface area contributed by atoms with Crippen molar-refractivity contribution in [2.75, 3.05) is 13.1 Å². The second kappa shape index (κ2) is 6.71. The Morgan fingerprint density at radius 3 is 2.43 bits per heavy atom. The van der Waals surface area contributed by atoms with Gasteiger partial charge in [-0.3, -0.25) is 4.90 Å². The van der Waals surface area contributed by atoms with Crippen LogP contribution in [0.4, 0.5) is 0 Å². The highest BCUT2D eigenvalue weighted by Crippen LogP contribution is 2.25. The van der Waals surface area contributed by atoms with Gasteiger partial charge in [-0.1, -0.05) is 12.1 Å². The number of nitrogens with zero attached hydrogens (tertiary/aromatic N) is 1. The minimum Gasteiger partial charge on any atom is -0.463 e. The molecule has 1 fully saturated rings. The maximum absolute atomic E-state index is 12.4. The highest BCUT2D eigenvalue weighted by atomic mass is 32.1. The van der Waals surface area contributed by atoms with Gasteiger partial charge < -0.3 is 9.47 Å². The van der Waals surface area contributed by atoms with Gasteiger partial charge >= 0.3 is 5.97 Å². The van der Waals surface area contributed by atoms with Gasteiger partial charge in [-0.25, -0.2) is 4.79 Å². The number of likely N-dealkylation sites (tertiary alicyclic amines) is 1. The summed E-state index contributed by atoms with van der Waals surface area (Å²) in [6.07, 6.45) is 1.44. The summed E-state index contributed by atoms with van der Waals surface area (Å²) < 4.78 is 11.4. The maximum Gasteiger partial charge on any atom is 0.363 e. The van der Waals surface area contributed by atoms with Gasteiger partial charge in [-0.15, -0.1) is 12.6 Å². The van der Waals surface area contributed by atoms with E-state index < -0.39 is 11.8 Å². The molecule has 21 heavy (non-hydrogen) atoms. The third-order valence-corrected chi connectivity index (χ3v) is 3.55. The van der Waals surface area contributed by atoms with Gasteiger partial charge in [0.2, 0.25) is 0 Å². The van der Waals surface area contributed by atoms with E-state index in [0.29, 0.717) is 10.6 Å². The van der Waals surface area contributed by atoms with Crippen molar-refractivity contribution < 1.29 is 14.3 Å². The van der Waals surface area contributed by atoms with E-state index >= 15 is 0 Å². The van der Waals surface area contributed by atoms with E-state index in [0.717, 1.165) is 25.9 Å². The van der Waals surface area contributed by atoms with Gasteiger partial charge in [0.1, 0.15) is 11.4 Å². The van der Waals surface area contributed by atoms with Crippen molar-refractivity contribution in [2.24, 2.45) is 0 Å². The largest absolute Gasteiger partial charge is 0.463 e. The highest BCUT2D eigenvalue weighted by molar-refractivity contribution is 7.80. The first-order valence-corrected chi connectivity index (χ1v) is 7.73. The molecule has 0 saturated carbocycles. The number of hydrogen-bond donors (Lipinski definition) is 1. The van der Waals surface area contributed by atoms with E-state index in [9.17, 15) is 4.79 Å². The lowest BCUT2D eigenvalue weighted by Crippen LogP contribution is -2.46.